The Hall–Kier alpha value is -3.67. The predicted octanol–water partition coefficient (Wildman–Crippen LogP) is 3.72. The minimum atomic E-state index is -0.586. The number of thiophene rings is 1. The number of rotatable bonds is 7. The number of anilines is 2. The lowest BCUT2D eigenvalue weighted by molar-refractivity contribution is 0.0994. The summed E-state index contributed by atoms with van der Waals surface area (Å²) in [4.78, 5) is 31.5. The van der Waals surface area contributed by atoms with Gasteiger partial charge in [-0.15, -0.1) is 0 Å². The van der Waals surface area contributed by atoms with Crippen LogP contribution in [0, 0.1) is 0 Å². The van der Waals surface area contributed by atoms with Crippen LogP contribution in [0.15, 0.2) is 49.0 Å². The Morgan fingerprint density at radius 3 is 2.72 bits per heavy atom. The molecule has 4 aromatic rings. The fraction of sp³-hybridized carbons (Fsp3) is 0.393. The van der Waals surface area contributed by atoms with Crippen molar-refractivity contribution >= 4 is 40.0 Å². The SMILES string of the molecule is NC(=O)c1ncc(N[C@H]2CCCC[C@H]2N)cc1Cc1cscc1-c1coc2c(=O)cc(N3CCOCC3)oc12. The summed E-state index contributed by atoms with van der Waals surface area (Å²) in [6, 6.07) is 3.63. The van der Waals surface area contributed by atoms with Gasteiger partial charge in [0.25, 0.3) is 5.91 Å². The first kappa shape index (κ1) is 25.6. The van der Waals surface area contributed by atoms with Crippen molar-refractivity contribution in [3.8, 4) is 11.1 Å². The minimum Gasteiger partial charge on any atom is -0.456 e. The molecule has 0 unspecified atom stereocenters. The Balaban J connectivity index is 1.34. The number of hydrogen-bond acceptors (Lipinski definition) is 10. The van der Waals surface area contributed by atoms with Crippen LogP contribution in [0.1, 0.15) is 47.3 Å². The van der Waals surface area contributed by atoms with Crippen molar-refractivity contribution in [3.63, 3.8) is 0 Å². The van der Waals surface area contributed by atoms with E-state index >= 15 is 0 Å². The van der Waals surface area contributed by atoms with Crippen molar-refractivity contribution in [1.29, 1.82) is 0 Å². The molecular weight excluding hydrogens is 518 g/mol. The molecule has 1 aliphatic heterocycles. The number of aromatic nitrogens is 1. The smallest absolute Gasteiger partial charge is 0.267 e. The number of ether oxygens (including phenoxy) is 1. The maximum atomic E-state index is 12.9. The molecule has 0 aromatic carbocycles. The van der Waals surface area contributed by atoms with Gasteiger partial charge in [0, 0.05) is 37.2 Å². The number of nitrogens with zero attached hydrogens (tertiary/aromatic N) is 2. The van der Waals surface area contributed by atoms with Gasteiger partial charge >= 0.3 is 0 Å². The van der Waals surface area contributed by atoms with Gasteiger partial charge < -0.3 is 35.3 Å². The minimum absolute atomic E-state index is 0.0767. The third-order valence-electron chi connectivity index (χ3n) is 7.54. The number of nitrogens with two attached hydrogens (primary N) is 2. The Bertz CT molecular complexity index is 1550. The summed E-state index contributed by atoms with van der Waals surface area (Å²) in [5.41, 5.74) is 16.6. The highest BCUT2D eigenvalue weighted by Crippen LogP contribution is 2.37. The van der Waals surface area contributed by atoms with Crippen LogP contribution in [0.4, 0.5) is 11.6 Å². The van der Waals surface area contributed by atoms with E-state index in [1.54, 1.807) is 12.5 Å². The number of primary amides is 1. The summed E-state index contributed by atoms with van der Waals surface area (Å²) in [5.74, 6) is -0.0900. The van der Waals surface area contributed by atoms with Gasteiger partial charge in [0.2, 0.25) is 11.0 Å². The molecule has 5 N–H and O–H groups in total. The zero-order valence-electron chi connectivity index (χ0n) is 21.5. The van der Waals surface area contributed by atoms with Gasteiger partial charge in [-0.05, 0) is 40.8 Å². The van der Waals surface area contributed by atoms with E-state index in [9.17, 15) is 9.59 Å². The normalized spacial score (nSPS) is 19.9. The fourth-order valence-corrected chi connectivity index (χ4v) is 6.31. The van der Waals surface area contributed by atoms with Crippen LogP contribution in [0.2, 0.25) is 0 Å². The van der Waals surface area contributed by atoms with Crippen molar-refractivity contribution < 1.29 is 18.4 Å². The van der Waals surface area contributed by atoms with E-state index in [-0.39, 0.29) is 28.8 Å². The summed E-state index contributed by atoms with van der Waals surface area (Å²) >= 11 is 1.52. The molecule has 2 aliphatic rings. The number of carbonyl (C=O) groups is 1. The summed E-state index contributed by atoms with van der Waals surface area (Å²) < 4.78 is 17.3. The topological polar surface area (TPSA) is 150 Å². The second kappa shape index (κ2) is 10.8. The van der Waals surface area contributed by atoms with E-state index in [0.717, 1.165) is 42.5 Å². The number of carbonyl (C=O) groups excluding carboxylic acids is 1. The van der Waals surface area contributed by atoms with Gasteiger partial charge in [-0.25, -0.2) is 4.98 Å². The molecule has 2 atom stereocenters. The van der Waals surface area contributed by atoms with Crippen LogP contribution in [0.3, 0.4) is 0 Å². The molecule has 1 saturated heterocycles. The molecule has 11 heteroatoms. The lowest BCUT2D eigenvalue weighted by Gasteiger charge is -2.30. The highest BCUT2D eigenvalue weighted by molar-refractivity contribution is 7.08. The Labute approximate surface area is 228 Å². The van der Waals surface area contributed by atoms with Gasteiger partial charge in [0.15, 0.2) is 11.5 Å². The Morgan fingerprint density at radius 1 is 1.10 bits per heavy atom. The van der Waals surface area contributed by atoms with Crippen LogP contribution < -0.4 is 27.1 Å². The van der Waals surface area contributed by atoms with Crippen LogP contribution in [-0.2, 0) is 11.2 Å². The molecule has 6 rings (SSSR count). The van der Waals surface area contributed by atoms with Gasteiger partial charge in [0.1, 0.15) is 12.0 Å². The van der Waals surface area contributed by atoms with Crippen molar-refractivity contribution in [2.75, 3.05) is 36.5 Å². The molecule has 4 aromatic heterocycles. The Kier molecular flexibility index (Phi) is 7.11. The van der Waals surface area contributed by atoms with Crippen molar-refractivity contribution in [2.24, 2.45) is 11.5 Å². The average Bonchev–Trinajstić information content (AvgIpc) is 3.57. The summed E-state index contributed by atoms with van der Waals surface area (Å²) in [5, 5.41) is 7.51. The second-order valence-electron chi connectivity index (χ2n) is 10.1. The second-order valence-corrected chi connectivity index (χ2v) is 10.9. The third-order valence-corrected chi connectivity index (χ3v) is 8.33. The Morgan fingerprint density at radius 2 is 1.92 bits per heavy atom. The monoisotopic (exact) mass is 549 g/mol. The van der Waals surface area contributed by atoms with E-state index in [1.807, 2.05) is 21.7 Å². The van der Waals surface area contributed by atoms with Crippen LogP contribution in [0.5, 0.6) is 0 Å². The lowest BCUT2D eigenvalue weighted by atomic mass is 9.91. The zero-order valence-corrected chi connectivity index (χ0v) is 22.3. The molecular formula is C28H31N5O5S. The fourth-order valence-electron chi connectivity index (χ4n) is 5.46. The van der Waals surface area contributed by atoms with Crippen LogP contribution in [0.25, 0.3) is 22.3 Å². The van der Waals surface area contributed by atoms with Crippen molar-refractivity contribution in [2.45, 2.75) is 44.2 Å². The maximum absolute atomic E-state index is 12.9. The number of fused-ring (bicyclic) bond motifs is 1. The number of nitrogens with one attached hydrogen (secondary N) is 1. The first-order valence-electron chi connectivity index (χ1n) is 13.2. The van der Waals surface area contributed by atoms with E-state index in [1.165, 1.54) is 17.4 Å². The quantitative estimate of drug-likeness (QED) is 0.313. The molecule has 0 bridgehead atoms. The standard InChI is InChI=1S/C28H31N5O5S/c29-21-3-1-2-4-22(21)32-18-10-16(25(28(30)35)31-12-18)9-17-14-39-15-20(17)19-13-37-27-23(34)11-24(38-26(19)27)33-5-7-36-8-6-33/h10-15,21-22,32H,1-9,29H2,(H2,30,35)/t21-,22+/m1/s1. The van der Waals surface area contributed by atoms with Crippen molar-refractivity contribution in [1.82, 2.24) is 4.98 Å². The third kappa shape index (κ3) is 5.17. The van der Waals surface area contributed by atoms with Crippen LogP contribution in [-0.4, -0.2) is 49.3 Å². The first-order chi connectivity index (χ1) is 19.0. The van der Waals surface area contributed by atoms with E-state index in [2.05, 4.69) is 10.3 Å². The molecule has 1 aliphatic carbocycles. The highest BCUT2D eigenvalue weighted by atomic mass is 32.1. The molecule has 1 saturated carbocycles. The van der Waals surface area contributed by atoms with Gasteiger partial charge in [0.05, 0.1) is 36.7 Å². The molecule has 2 fully saturated rings. The molecule has 10 nitrogen and oxygen atoms in total. The molecule has 204 valence electrons. The number of amides is 1. The number of pyridine rings is 1. The largest absolute Gasteiger partial charge is 0.456 e. The van der Waals surface area contributed by atoms with E-state index < -0.39 is 5.91 Å². The zero-order chi connectivity index (χ0) is 26.9. The summed E-state index contributed by atoms with van der Waals surface area (Å²) in [7, 11) is 0. The van der Waals surface area contributed by atoms with E-state index in [4.69, 9.17) is 25.0 Å². The first-order valence-corrected chi connectivity index (χ1v) is 14.2. The highest BCUT2D eigenvalue weighted by Gasteiger charge is 2.24. The number of furan rings is 1. The maximum Gasteiger partial charge on any atom is 0.267 e. The van der Waals surface area contributed by atoms with Gasteiger partial charge in [-0.3, -0.25) is 9.59 Å². The molecule has 0 radical (unpaired) electrons. The van der Waals surface area contributed by atoms with E-state index in [0.29, 0.717) is 55.3 Å². The predicted molar refractivity (Wildman–Crippen MR) is 151 cm³/mol. The number of hydrogen-bond donors (Lipinski definition) is 3. The number of morpholine rings is 1. The van der Waals surface area contributed by atoms with Gasteiger partial charge in [-0.2, -0.15) is 11.3 Å². The lowest BCUT2D eigenvalue weighted by Crippen LogP contribution is -2.42. The molecule has 1 amide bonds. The summed E-state index contributed by atoms with van der Waals surface area (Å²) in [6.07, 6.45) is 7.86. The summed E-state index contributed by atoms with van der Waals surface area (Å²) in [6.45, 7) is 2.44. The average molecular weight is 550 g/mol. The molecule has 39 heavy (non-hydrogen) atoms. The van der Waals surface area contributed by atoms with Gasteiger partial charge in [-0.1, -0.05) is 12.8 Å². The van der Waals surface area contributed by atoms with Crippen molar-refractivity contribution in [3.05, 3.63) is 62.4 Å². The molecule has 5 heterocycles. The molecule has 0 spiro atoms. The van der Waals surface area contributed by atoms with Crippen LogP contribution >= 0.6 is 11.3 Å².